The molecule has 0 unspecified atom stereocenters. The minimum absolute atomic E-state index is 0.308. The number of nitrogens with zero attached hydrogens (tertiary/aromatic N) is 1. The molecule has 20 heavy (non-hydrogen) atoms. The molecular weight excluding hydrogens is 320 g/mol. The van der Waals surface area contributed by atoms with E-state index in [1.165, 1.54) is 25.7 Å². The molecule has 2 N–H and O–H groups in total. The van der Waals surface area contributed by atoms with Gasteiger partial charge >= 0.3 is 5.97 Å². The lowest BCUT2D eigenvalue weighted by molar-refractivity contribution is 0.0698. The molecule has 1 aromatic rings. The van der Waals surface area contributed by atoms with E-state index in [9.17, 15) is 9.90 Å². The molecule has 0 aliphatic heterocycles. The third-order valence-corrected chi connectivity index (χ3v) is 4.43. The molecule has 0 radical (unpaired) electrons. The highest BCUT2D eigenvalue weighted by Gasteiger charge is 2.19. The van der Waals surface area contributed by atoms with Crippen LogP contribution < -0.4 is 5.32 Å². The molecule has 1 aromatic carbocycles. The Labute approximate surface area is 128 Å². The van der Waals surface area contributed by atoms with E-state index in [1.54, 1.807) is 6.07 Å². The summed E-state index contributed by atoms with van der Waals surface area (Å²) in [5.41, 5.74) is 0.989. The van der Waals surface area contributed by atoms with Gasteiger partial charge in [0.1, 0.15) is 0 Å². The molecule has 0 atom stereocenters. The SMILES string of the molecule is CN(CCNc1ccc(Br)cc1C(=O)O)C1CCCC1. The van der Waals surface area contributed by atoms with Gasteiger partial charge in [-0.2, -0.15) is 0 Å². The number of hydrogen-bond acceptors (Lipinski definition) is 3. The largest absolute Gasteiger partial charge is 0.478 e. The summed E-state index contributed by atoms with van der Waals surface area (Å²) in [6, 6.07) is 5.99. The number of carboxylic acid groups (broad SMARTS) is 1. The van der Waals surface area contributed by atoms with Gasteiger partial charge in [-0.25, -0.2) is 4.79 Å². The van der Waals surface area contributed by atoms with Gasteiger partial charge in [0.15, 0.2) is 0 Å². The number of carboxylic acids is 1. The van der Waals surface area contributed by atoms with Crippen molar-refractivity contribution in [3.63, 3.8) is 0 Å². The van der Waals surface area contributed by atoms with Crippen molar-refractivity contribution in [3.8, 4) is 0 Å². The van der Waals surface area contributed by atoms with E-state index >= 15 is 0 Å². The van der Waals surface area contributed by atoms with Crippen LogP contribution in [-0.2, 0) is 0 Å². The number of nitrogens with one attached hydrogen (secondary N) is 1. The van der Waals surface area contributed by atoms with E-state index in [0.29, 0.717) is 17.3 Å². The summed E-state index contributed by atoms with van der Waals surface area (Å²) in [6.45, 7) is 1.69. The zero-order valence-corrected chi connectivity index (χ0v) is 13.3. The molecule has 0 amide bonds. The standard InChI is InChI=1S/C15H21BrN2O2/c1-18(12-4-2-3-5-12)9-8-17-14-7-6-11(16)10-13(14)15(19)20/h6-7,10,12,17H,2-5,8-9H2,1H3,(H,19,20). The quantitative estimate of drug-likeness (QED) is 0.832. The Morgan fingerprint density at radius 2 is 2.15 bits per heavy atom. The topological polar surface area (TPSA) is 52.6 Å². The molecule has 0 bridgehead atoms. The van der Waals surface area contributed by atoms with Crippen molar-refractivity contribution < 1.29 is 9.90 Å². The van der Waals surface area contributed by atoms with Crippen molar-refractivity contribution in [2.45, 2.75) is 31.7 Å². The van der Waals surface area contributed by atoms with Gasteiger partial charge in [0.2, 0.25) is 0 Å². The number of aromatic carboxylic acids is 1. The molecule has 2 rings (SSSR count). The maximum atomic E-state index is 11.2. The first-order valence-corrected chi connectivity index (χ1v) is 7.84. The maximum absolute atomic E-state index is 11.2. The molecule has 1 aliphatic rings. The lowest BCUT2D eigenvalue weighted by atomic mass is 10.2. The number of benzene rings is 1. The fourth-order valence-electron chi connectivity index (χ4n) is 2.74. The first-order chi connectivity index (χ1) is 9.58. The Hall–Kier alpha value is -1.07. The van der Waals surface area contributed by atoms with Crippen molar-refractivity contribution in [2.75, 3.05) is 25.5 Å². The molecule has 0 saturated heterocycles. The van der Waals surface area contributed by atoms with Gasteiger partial charge in [0, 0.05) is 29.3 Å². The fraction of sp³-hybridized carbons (Fsp3) is 0.533. The van der Waals surface area contributed by atoms with Gasteiger partial charge in [-0.05, 0) is 38.1 Å². The van der Waals surface area contributed by atoms with E-state index in [1.807, 2.05) is 12.1 Å². The van der Waals surface area contributed by atoms with Crippen LogP contribution in [0.1, 0.15) is 36.0 Å². The predicted octanol–water partition coefficient (Wildman–Crippen LogP) is 3.43. The molecule has 4 nitrogen and oxygen atoms in total. The Kier molecular flexibility index (Phi) is 5.43. The van der Waals surface area contributed by atoms with E-state index in [0.717, 1.165) is 17.6 Å². The van der Waals surface area contributed by atoms with Crippen LogP contribution in [0.2, 0.25) is 0 Å². The van der Waals surface area contributed by atoms with Gasteiger partial charge in [0.05, 0.1) is 5.56 Å². The molecule has 0 heterocycles. The van der Waals surface area contributed by atoms with Crippen LogP contribution in [0.5, 0.6) is 0 Å². The van der Waals surface area contributed by atoms with Crippen molar-refractivity contribution in [1.29, 1.82) is 0 Å². The van der Waals surface area contributed by atoms with Crippen LogP contribution in [0.4, 0.5) is 5.69 Å². The summed E-state index contributed by atoms with van der Waals surface area (Å²) < 4.78 is 0.781. The highest BCUT2D eigenvalue weighted by Crippen LogP contribution is 2.23. The molecular formula is C15H21BrN2O2. The first-order valence-electron chi connectivity index (χ1n) is 7.05. The number of carbonyl (C=O) groups is 1. The van der Waals surface area contributed by atoms with Crippen molar-refractivity contribution in [1.82, 2.24) is 4.90 Å². The second-order valence-corrected chi connectivity index (χ2v) is 6.26. The summed E-state index contributed by atoms with van der Waals surface area (Å²) in [7, 11) is 2.15. The number of halogens is 1. The van der Waals surface area contributed by atoms with E-state index in [4.69, 9.17) is 0 Å². The lowest BCUT2D eigenvalue weighted by Gasteiger charge is -2.24. The third kappa shape index (κ3) is 3.96. The van der Waals surface area contributed by atoms with E-state index in [-0.39, 0.29) is 0 Å². The second kappa shape index (κ2) is 7.09. The summed E-state index contributed by atoms with van der Waals surface area (Å²) in [6.07, 6.45) is 5.24. The number of anilines is 1. The number of rotatable bonds is 6. The number of likely N-dealkylation sites (N-methyl/N-ethyl adjacent to an activating group) is 1. The smallest absolute Gasteiger partial charge is 0.337 e. The summed E-state index contributed by atoms with van der Waals surface area (Å²) in [4.78, 5) is 13.6. The second-order valence-electron chi connectivity index (χ2n) is 5.34. The normalized spacial score (nSPS) is 15.8. The van der Waals surface area contributed by atoms with Crippen LogP contribution in [0.25, 0.3) is 0 Å². The van der Waals surface area contributed by atoms with Crippen LogP contribution in [0.15, 0.2) is 22.7 Å². The van der Waals surface area contributed by atoms with Crippen LogP contribution in [0, 0.1) is 0 Å². The van der Waals surface area contributed by atoms with Crippen molar-refractivity contribution >= 4 is 27.6 Å². The summed E-state index contributed by atoms with van der Waals surface area (Å²) in [5.74, 6) is -0.905. The van der Waals surface area contributed by atoms with Crippen LogP contribution >= 0.6 is 15.9 Å². The van der Waals surface area contributed by atoms with Gasteiger partial charge in [0.25, 0.3) is 0 Å². The average molecular weight is 341 g/mol. The van der Waals surface area contributed by atoms with Gasteiger partial charge in [-0.3, -0.25) is 0 Å². The monoisotopic (exact) mass is 340 g/mol. The molecule has 0 aromatic heterocycles. The van der Waals surface area contributed by atoms with Crippen LogP contribution in [0.3, 0.4) is 0 Å². The lowest BCUT2D eigenvalue weighted by Crippen LogP contribution is -2.33. The number of hydrogen-bond donors (Lipinski definition) is 2. The fourth-order valence-corrected chi connectivity index (χ4v) is 3.10. The molecule has 1 saturated carbocycles. The highest BCUT2D eigenvalue weighted by atomic mass is 79.9. The maximum Gasteiger partial charge on any atom is 0.337 e. The molecule has 5 heteroatoms. The van der Waals surface area contributed by atoms with E-state index in [2.05, 4.69) is 33.2 Å². The average Bonchev–Trinajstić information content (AvgIpc) is 2.94. The highest BCUT2D eigenvalue weighted by molar-refractivity contribution is 9.10. The minimum Gasteiger partial charge on any atom is -0.478 e. The zero-order valence-electron chi connectivity index (χ0n) is 11.7. The summed E-state index contributed by atoms with van der Waals surface area (Å²) in [5, 5.41) is 12.4. The zero-order chi connectivity index (χ0) is 14.5. The predicted molar refractivity (Wildman–Crippen MR) is 84.5 cm³/mol. The van der Waals surface area contributed by atoms with Gasteiger partial charge in [-0.15, -0.1) is 0 Å². The van der Waals surface area contributed by atoms with Gasteiger partial charge < -0.3 is 15.3 Å². The third-order valence-electron chi connectivity index (χ3n) is 3.94. The minimum atomic E-state index is -0.905. The molecule has 110 valence electrons. The molecule has 1 aliphatic carbocycles. The van der Waals surface area contributed by atoms with Crippen molar-refractivity contribution in [3.05, 3.63) is 28.2 Å². The molecule has 0 spiro atoms. The van der Waals surface area contributed by atoms with Crippen molar-refractivity contribution in [2.24, 2.45) is 0 Å². The first kappa shape index (κ1) is 15.3. The molecule has 1 fully saturated rings. The Balaban J connectivity index is 1.89. The Morgan fingerprint density at radius 1 is 1.45 bits per heavy atom. The van der Waals surface area contributed by atoms with Crippen LogP contribution in [-0.4, -0.2) is 42.2 Å². The Morgan fingerprint density at radius 3 is 2.80 bits per heavy atom. The van der Waals surface area contributed by atoms with E-state index < -0.39 is 5.97 Å². The summed E-state index contributed by atoms with van der Waals surface area (Å²) >= 11 is 3.30. The van der Waals surface area contributed by atoms with Gasteiger partial charge in [-0.1, -0.05) is 28.8 Å². The Bertz CT molecular complexity index is 473.